The quantitative estimate of drug-likeness (QED) is 0.337. The Balaban J connectivity index is 1.22. The Bertz CT molecular complexity index is 1590. The molecule has 0 saturated heterocycles. The van der Waals surface area contributed by atoms with E-state index in [0.29, 0.717) is 23.7 Å². The number of anilines is 1. The number of benzene rings is 2. The summed E-state index contributed by atoms with van der Waals surface area (Å²) in [5.74, 6) is 0.170. The van der Waals surface area contributed by atoms with Crippen LogP contribution in [0, 0.1) is 0 Å². The van der Waals surface area contributed by atoms with Gasteiger partial charge in [-0.15, -0.1) is 0 Å². The summed E-state index contributed by atoms with van der Waals surface area (Å²) in [6.07, 6.45) is 6.11. The molecule has 9 heteroatoms. The van der Waals surface area contributed by atoms with E-state index in [2.05, 4.69) is 20.3 Å². The maximum absolute atomic E-state index is 12.7. The van der Waals surface area contributed by atoms with Gasteiger partial charge in [0.15, 0.2) is 5.65 Å². The van der Waals surface area contributed by atoms with Crippen LogP contribution in [0.25, 0.3) is 33.1 Å². The zero-order valence-electron chi connectivity index (χ0n) is 20.2. The van der Waals surface area contributed by atoms with Crippen molar-refractivity contribution >= 4 is 33.5 Å². The molecule has 6 rings (SSSR count). The number of pyridine rings is 1. The number of fused-ring (bicyclic) bond motifs is 2. The third kappa shape index (κ3) is 4.49. The first-order valence-electron chi connectivity index (χ1n) is 12.5. The first-order valence-corrected chi connectivity index (χ1v) is 12.5. The van der Waals surface area contributed by atoms with Crippen LogP contribution in [0.5, 0.6) is 0 Å². The number of carbonyl (C=O) groups is 1. The lowest BCUT2D eigenvalue weighted by molar-refractivity contribution is 0.0946. The van der Waals surface area contributed by atoms with Crippen molar-refractivity contribution in [1.82, 2.24) is 30.0 Å². The van der Waals surface area contributed by atoms with Crippen LogP contribution in [-0.4, -0.2) is 41.9 Å². The molecule has 4 N–H and O–H groups in total. The number of hydrogen-bond acceptors (Lipinski definition) is 7. The number of amides is 1. The van der Waals surface area contributed by atoms with E-state index in [4.69, 9.17) is 10.8 Å². The van der Waals surface area contributed by atoms with Crippen LogP contribution in [0.2, 0.25) is 0 Å². The Labute approximate surface area is 213 Å². The van der Waals surface area contributed by atoms with Gasteiger partial charge in [0.05, 0.1) is 17.5 Å². The second-order valence-corrected chi connectivity index (χ2v) is 9.51. The molecule has 0 unspecified atom stereocenters. The van der Waals surface area contributed by atoms with Gasteiger partial charge in [-0.1, -0.05) is 48.5 Å². The summed E-state index contributed by atoms with van der Waals surface area (Å²) in [6, 6.07) is 17.7. The molecule has 3 heterocycles. The second-order valence-electron chi connectivity index (χ2n) is 9.51. The minimum Gasteiger partial charge on any atom is -0.393 e. The molecule has 0 bridgehead atoms. The van der Waals surface area contributed by atoms with Crippen LogP contribution in [0.15, 0.2) is 67.1 Å². The predicted octanol–water partition coefficient (Wildman–Crippen LogP) is 4.03. The summed E-state index contributed by atoms with van der Waals surface area (Å²) in [7, 11) is 0. The summed E-state index contributed by atoms with van der Waals surface area (Å²) in [6.45, 7) is 0.373. The Kier molecular flexibility index (Phi) is 5.97. The minimum absolute atomic E-state index is 0.159. The molecule has 3 aromatic heterocycles. The van der Waals surface area contributed by atoms with E-state index in [0.717, 1.165) is 58.7 Å². The van der Waals surface area contributed by atoms with Crippen molar-refractivity contribution in [3.05, 3.63) is 78.4 Å². The van der Waals surface area contributed by atoms with E-state index < -0.39 is 0 Å². The van der Waals surface area contributed by atoms with Gasteiger partial charge < -0.3 is 16.2 Å². The average Bonchev–Trinajstić information content (AvgIpc) is 3.33. The Hall–Kier alpha value is -4.37. The van der Waals surface area contributed by atoms with Crippen LogP contribution >= 0.6 is 0 Å². The molecular weight excluding hydrogens is 466 g/mol. The lowest BCUT2D eigenvalue weighted by Crippen LogP contribution is -2.23. The minimum atomic E-state index is -0.248. The number of aliphatic hydroxyl groups excluding tert-OH is 1. The van der Waals surface area contributed by atoms with Gasteiger partial charge in [-0.3, -0.25) is 9.78 Å². The topological polar surface area (TPSA) is 132 Å². The van der Waals surface area contributed by atoms with Crippen LogP contribution in [0.3, 0.4) is 0 Å². The van der Waals surface area contributed by atoms with E-state index in [-0.39, 0.29) is 18.1 Å². The summed E-state index contributed by atoms with van der Waals surface area (Å²) in [4.78, 5) is 25.7. The molecule has 0 radical (unpaired) electrons. The highest BCUT2D eigenvalue weighted by Gasteiger charge is 2.26. The smallest absolute Gasteiger partial charge is 0.270 e. The summed E-state index contributed by atoms with van der Waals surface area (Å²) in [5.41, 5.74) is 9.94. The molecule has 1 fully saturated rings. The molecule has 1 amide bonds. The van der Waals surface area contributed by atoms with Gasteiger partial charge in [0, 0.05) is 23.7 Å². The fraction of sp³-hybridized carbons (Fsp3) is 0.250. The molecule has 0 spiro atoms. The zero-order valence-corrected chi connectivity index (χ0v) is 20.2. The molecule has 0 atom stereocenters. The number of aliphatic hydroxyl groups is 1. The van der Waals surface area contributed by atoms with Crippen molar-refractivity contribution in [3.63, 3.8) is 0 Å². The van der Waals surface area contributed by atoms with E-state index in [9.17, 15) is 9.90 Å². The summed E-state index contributed by atoms with van der Waals surface area (Å²) in [5, 5.41) is 20.5. The van der Waals surface area contributed by atoms with Gasteiger partial charge in [-0.05, 0) is 42.7 Å². The molecule has 186 valence electrons. The number of aromatic nitrogens is 5. The third-order valence-electron chi connectivity index (χ3n) is 7.07. The molecule has 5 aromatic rings. The van der Waals surface area contributed by atoms with Crippen molar-refractivity contribution in [2.24, 2.45) is 0 Å². The molecule has 1 aliphatic rings. The Morgan fingerprint density at radius 1 is 1.00 bits per heavy atom. The number of carbonyl (C=O) groups excluding carboxylic acids is 1. The zero-order chi connectivity index (χ0) is 25.4. The first kappa shape index (κ1) is 23.1. The lowest BCUT2D eigenvalue weighted by Gasteiger charge is -2.25. The fourth-order valence-corrected chi connectivity index (χ4v) is 5.02. The number of nitrogens with zero attached hydrogens (tertiary/aromatic N) is 5. The Morgan fingerprint density at radius 3 is 2.54 bits per heavy atom. The maximum Gasteiger partial charge on any atom is 0.270 e. The van der Waals surface area contributed by atoms with Crippen LogP contribution in [0.4, 0.5) is 5.82 Å². The highest BCUT2D eigenvalue weighted by atomic mass is 16.3. The monoisotopic (exact) mass is 493 g/mol. The second kappa shape index (κ2) is 9.59. The van der Waals surface area contributed by atoms with Crippen LogP contribution < -0.4 is 11.1 Å². The van der Waals surface area contributed by atoms with Crippen LogP contribution in [0.1, 0.15) is 47.8 Å². The van der Waals surface area contributed by atoms with Gasteiger partial charge in [0.1, 0.15) is 23.5 Å². The SMILES string of the molecule is Nc1ncnc2c1c(-c1ccc(CNC(=O)c3cc4ccccc4cn3)cc1)nn2C1CCC(O)CC1. The van der Waals surface area contributed by atoms with E-state index in [1.165, 1.54) is 6.33 Å². The number of nitrogen functional groups attached to an aromatic ring is 1. The van der Waals surface area contributed by atoms with Crippen LogP contribution in [-0.2, 0) is 6.54 Å². The summed E-state index contributed by atoms with van der Waals surface area (Å²) < 4.78 is 1.94. The normalized spacial score (nSPS) is 17.8. The van der Waals surface area contributed by atoms with Crippen molar-refractivity contribution < 1.29 is 9.90 Å². The van der Waals surface area contributed by atoms with Gasteiger partial charge >= 0.3 is 0 Å². The van der Waals surface area contributed by atoms with Crippen molar-refractivity contribution in [2.75, 3.05) is 5.73 Å². The van der Waals surface area contributed by atoms with Crippen molar-refractivity contribution in [2.45, 2.75) is 44.4 Å². The molecule has 1 saturated carbocycles. The van der Waals surface area contributed by atoms with E-state index in [1.807, 2.05) is 53.2 Å². The molecule has 1 aliphatic carbocycles. The largest absolute Gasteiger partial charge is 0.393 e. The van der Waals surface area contributed by atoms with Gasteiger partial charge in [-0.25, -0.2) is 14.6 Å². The van der Waals surface area contributed by atoms with Gasteiger partial charge in [0.25, 0.3) is 5.91 Å². The van der Waals surface area contributed by atoms with Gasteiger partial charge in [-0.2, -0.15) is 5.10 Å². The average molecular weight is 494 g/mol. The molecule has 0 aliphatic heterocycles. The highest BCUT2D eigenvalue weighted by molar-refractivity contribution is 5.98. The molecule has 37 heavy (non-hydrogen) atoms. The number of rotatable bonds is 5. The van der Waals surface area contributed by atoms with Gasteiger partial charge in [0.2, 0.25) is 0 Å². The van der Waals surface area contributed by atoms with E-state index in [1.54, 1.807) is 12.3 Å². The number of nitrogens with two attached hydrogens (primary N) is 1. The molecule has 9 nitrogen and oxygen atoms in total. The molecule has 2 aromatic carbocycles. The number of nitrogens with one attached hydrogen (secondary N) is 1. The van der Waals surface area contributed by atoms with Crippen molar-refractivity contribution in [1.29, 1.82) is 0 Å². The van der Waals surface area contributed by atoms with E-state index >= 15 is 0 Å². The Morgan fingerprint density at radius 2 is 1.76 bits per heavy atom. The lowest BCUT2D eigenvalue weighted by atomic mass is 9.93. The van der Waals surface area contributed by atoms with Crippen molar-refractivity contribution in [3.8, 4) is 11.3 Å². The summed E-state index contributed by atoms with van der Waals surface area (Å²) >= 11 is 0. The maximum atomic E-state index is 12.7. The predicted molar refractivity (Wildman–Crippen MR) is 142 cm³/mol. The standard InChI is InChI=1S/C28H27N7O2/c29-26-24-25(34-35(27(24)33-16-32-26)21-9-11-22(36)12-10-21)18-7-5-17(6-8-18)14-31-28(37)23-13-19-3-1-2-4-20(19)15-30-23/h1-8,13,15-16,21-22,36H,9-12,14H2,(H,31,37)(H2,29,32,33). The number of hydrogen-bond donors (Lipinski definition) is 3. The first-order chi connectivity index (χ1) is 18.1. The molecular formula is C28H27N7O2. The highest BCUT2D eigenvalue weighted by Crippen LogP contribution is 2.35. The third-order valence-corrected chi connectivity index (χ3v) is 7.07. The fourth-order valence-electron chi connectivity index (χ4n) is 5.02.